The number of hydrogen-bond donors (Lipinski definition) is 3. The highest BCUT2D eigenvalue weighted by molar-refractivity contribution is 9.10. The number of likely N-dealkylation sites (N-methyl/N-ethyl adjacent to an activating group) is 1. The van der Waals surface area contributed by atoms with E-state index in [0.29, 0.717) is 4.47 Å². The Hall–Kier alpha value is -0.650. The molecule has 0 bridgehead atoms. The Kier molecular flexibility index (Phi) is 3.86. The van der Waals surface area contributed by atoms with Crippen molar-refractivity contribution < 1.29 is 14.6 Å². The summed E-state index contributed by atoms with van der Waals surface area (Å²) in [5, 5.41) is 21.7. The normalized spacial score (nSPS) is 12.9. The molecule has 5 heteroatoms. The fourth-order valence-electron chi connectivity index (χ4n) is 1.17. The van der Waals surface area contributed by atoms with E-state index in [4.69, 9.17) is 0 Å². The monoisotopic (exact) mass is 263 g/mol. The molecule has 0 aliphatic heterocycles. The van der Waals surface area contributed by atoms with Gasteiger partial charge >= 0.3 is 0 Å². The van der Waals surface area contributed by atoms with Gasteiger partial charge in [-0.2, -0.15) is 0 Å². The lowest BCUT2D eigenvalue weighted by Crippen LogP contribution is -2.17. The van der Waals surface area contributed by atoms with Crippen molar-refractivity contribution in [3.8, 4) is 5.75 Å². The molecule has 3 nitrogen and oxygen atoms in total. The molecule has 78 valence electrons. The SMILES string of the molecule is CNCC(O)c1c(Br)ccc(F)c1O. The van der Waals surface area contributed by atoms with Gasteiger partial charge in [0.25, 0.3) is 0 Å². The second-order valence-corrected chi connectivity index (χ2v) is 3.72. The lowest BCUT2D eigenvalue weighted by atomic mass is 10.1. The van der Waals surface area contributed by atoms with Gasteiger partial charge in [0.05, 0.1) is 6.10 Å². The molecule has 0 spiro atoms. The van der Waals surface area contributed by atoms with E-state index in [-0.39, 0.29) is 12.1 Å². The van der Waals surface area contributed by atoms with Gasteiger partial charge in [0.2, 0.25) is 0 Å². The van der Waals surface area contributed by atoms with Crippen LogP contribution in [-0.2, 0) is 0 Å². The molecular formula is C9H11BrFNO2. The van der Waals surface area contributed by atoms with E-state index in [1.807, 2.05) is 0 Å². The molecule has 0 saturated heterocycles. The van der Waals surface area contributed by atoms with E-state index in [1.165, 1.54) is 6.07 Å². The van der Waals surface area contributed by atoms with Crippen LogP contribution in [0.4, 0.5) is 4.39 Å². The van der Waals surface area contributed by atoms with Gasteiger partial charge in [0.15, 0.2) is 11.6 Å². The highest BCUT2D eigenvalue weighted by Gasteiger charge is 2.18. The third-order valence-electron chi connectivity index (χ3n) is 1.85. The highest BCUT2D eigenvalue weighted by Crippen LogP contribution is 2.33. The summed E-state index contributed by atoms with van der Waals surface area (Å²) in [5.41, 5.74) is 0.166. The van der Waals surface area contributed by atoms with Crippen molar-refractivity contribution in [2.45, 2.75) is 6.10 Å². The zero-order chi connectivity index (χ0) is 10.7. The van der Waals surface area contributed by atoms with Crippen LogP contribution in [0.3, 0.4) is 0 Å². The standard InChI is InChI=1S/C9H11BrFNO2/c1-12-4-7(13)8-5(10)2-3-6(11)9(8)14/h2-3,7,12-14H,4H2,1H3. The Balaban J connectivity index is 3.11. The predicted molar refractivity (Wildman–Crippen MR) is 54.7 cm³/mol. The van der Waals surface area contributed by atoms with Crippen LogP contribution in [-0.4, -0.2) is 23.8 Å². The summed E-state index contributed by atoms with van der Waals surface area (Å²) in [6.07, 6.45) is -0.940. The van der Waals surface area contributed by atoms with E-state index in [9.17, 15) is 14.6 Å². The Morgan fingerprint density at radius 2 is 2.21 bits per heavy atom. The Labute approximate surface area is 89.7 Å². The third-order valence-corrected chi connectivity index (χ3v) is 2.54. The molecule has 1 atom stereocenters. The van der Waals surface area contributed by atoms with E-state index in [2.05, 4.69) is 21.2 Å². The van der Waals surface area contributed by atoms with Crippen LogP contribution in [0.1, 0.15) is 11.7 Å². The maximum absolute atomic E-state index is 13.0. The van der Waals surface area contributed by atoms with Crippen molar-refractivity contribution in [3.05, 3.63) is 28.0 Å². The van der Waals surface area contributed by atoms with Crippen LogP contribution >= 0.6 is 15.9 Å². The first-order chi connectivity index (χ1) is 6.57. The number of aromatic hydroxyl groups is 1. The molecule has 0 aliphatic carbocycles. The number of nitrogens with one attached hydrogen (secondary N) is 1. The zero-order valence-electron chi connectivity index (χ0n) is 7.59. The number of aliphatic hydroxyl groups excluding tert-OH is 1. The summed E-state index contributed by atoms with van der Waals surface area (Å²) in [5.74, 6) is -1.25. The molecule has 0 amide bonds. The summed E-state index contributed by atoms with van der Waals surface area (Å²) in [6, 6.07) is 2.58. The molecule has 0 aliphatic rings. The number of halogens is 2. The lowest BCUT2D eigenvalue weighted by molar-refractivity contribution is 0.172. The first-order valence-electron chi connectivity index (χ1n) is 4.07. The predicted octanol–water partition coefficient (Wildman–Crippen LogP) is 1.55. The minimum Gasteiger partial charge on any atom is -0.505 e. The van der Waals surface area contributed by atoms with Gasteiger partial charge in [0, 0.05) is 16.6 Å². The maximum atomic E-state index is 13.0. The second-order valence-electron chi connectivity index (χ2n) is 2.86. The van der Waals surface area contributed by atoms with Crippen molar-refractivity contribution in [1.82, 2.24) is 5.32 Å². The molecule has 1 aromatic carbocycles. The topological polar surface area (TPSA) is 52.5 Å². The van der Waals surface area contributed by atoms with Crippen molar-refractivity contribution in [3.63, 3.8) is 0 Å². The van der Waals surface area contributed by atoms with Crippen LogP contribution in [0, 0.1) is 5.82 Å². The number of phenols is 1. The summed E-state index contributed by atoms with van der Waals surface area (Å²) in [7, 11) is 1.66. The number of hydrogen-bond acceptors (Lipinski definition) is 3. The fraction of sp³-hybridized carbons (Fsp3) is 0.333. The summed E-state index contributed by atoms with van der Waals surface area (Å²) in [6.45, 7) is 0.246. The van der Waals surface area contributed by atoms with Crippen LogP contribution in [0.25, 0.3) is 0 Å². The van der Waals surface area contributed by atoms with Crippen molar-refractivity contribution >= 4 is 15.9 Å². The molecule has 0 aromatic heterocycles. The van der Waals surface area contributed by atoms with Gasteiger partial charge in [-0.1, -0.05) is 15.9 Å². The molecule has 0 radical (unpaired) electrons. The summed E-state index contributed by atoms with van der Waals surface area (Å²) >= 11 is 3.14. The molecule has 1 rings (SSSR count). The highest BCUT2D eigenvalue weighted by atomic mass is 79.9. The summed E-state index contributed by atoms with van der Waals surface area (Å²) in [4.78, 5) is 0. The molecule has 1 aromatic rings. The third kappa shape index (κ3) is 2.23. The van der Waals surface area contributed by atoms with Gasteiger partial charge in [-0.05, 0) is 19.2 Å². The molecule has 0 heterocycles. The quantitative estimate of drug-likeness (QED) is 0.776. The van der Waals surface area contributed by atoms with Gasteiger partial charge in [-0.25, -0.2) is 4.39 Å². The Bertz CT molecular complexity index is 333. The molecule has 14 heavy (non-hydrogen) atoms. The fourth-order valence-corrected chi connectivity index (χ4v) is 1.75. The molecular weight excluding hydrogens is 253 g/mol. The number of aliphatic hydroxyl groups is 1. The maximum Gasteiger partial charge on any atom is 0.165 e. The molecule has 1 unspecified atom stereocenters. The van der Waals surface area contributed by atoms with Crippen LogP contribution in [0.2, 0.25) is 0 Å². The van der Waals surface area contributed by atoms with Crippen molar-refractivity contribution in [1.29, 1.82) is 0 Å². The minimum atomic E-state index is -0.940. The number of rotatable bonds is 3. The average Bonchev–Trinajstić information content (AvgIpc) is 2.13. The zero-order valence-corrected chi connectivity index (χ0v) is 9.18. The minimum absolute atomic E-state index is 0.166. The van der Waals surface area contributed by atoms with Gasteiger partial charge in [-0.3, -0.25) is 0 Å². The van der Waals surface area contributed by atoms with E-state index < -0.39 is 17.7 Å². The van der Waals surface area contributed by atoms with Gasteiger partial charge in [0.1, 0.15) is 0 Å². The van der Waals surface area contributed by atoms with E-state index in [1.54, 1.807) is 7.05 Å². The Morgan fingerprint density at radius 1 is 1.57 bits per heavy atom. The van der Waals surface area contributed by atoms with Crippen LogP contribution in [0.15, 0.2) is 16.6 Å². The van der Waals surface area contributed by atoms with E-state index >= 15 is 0 Å². The first kappa shape index (κ1) is 11.4. The molecule has 0 saturated carbocycles. The van der Waals surface area contributed by atoms with E-state index in [0.717, 1.165) is 6.07 Å². The van der Waals surface area contributed by atoms with Crippen LogP contribution in [0.5, 0.6) is 5.75 Å². The van der Waals surface area contributed by atoms with Gasteiger partial charge in [-0.15, -0.1) is 0 Å². The number of benzene rings is 1. The summed E-state index contributed by atoms with van der Waals surface area (Å²) < 4.78 is 13.4. The second kappa shape index (κ2) is 4.72. The molecule has 0 fully saturated rings. The largest absolute Gasteiger partial charge is 0.505 e. The number of phenolic OH excluding ortho intramolecular Hbond substituents is 1. The van der Waals surface area contributed by atoms with Crippen molar-refractivity contribution in [2.24, 2.45) is 0 Å². The van der Waals surface area contributed by atoms with Gasteiger partial charge < -0.3 is 15.5 Å². The van der Waals surface area contributed by atoms with Crippen molar-refractivity contribution in [2.75, 3.05) is 13.6 Å². The smallest absolute Gasteiger partial charge is 0.165 e. The van der Waals surface area contributed by atoms with Crippen LogP contribution < -0.4 is 5.32 Å². The first-order valence-corrected chi connectivity index (χ1v) is 4.86. The molecule has 3 N–H and O–H groups in total. The Morgan fingerprint density at radius 3 is 2.79 bits per heavy atom. The lowest BCUT2D eigenvalue weighted by Gasteiger charge is -2.14. The average molecular weight is 264 g/mol.